The smallest absolute Gasteiger partial charge is 0.201 e. The molecule has 0 aromatic carbocycles. The van der Waals surface area contributed by atoms with E-state index in [0.717, 1.165) is 100 Å². The zero-order valence-electron chi connectivity index (χ0n) is 51.3. The van der Waals surface area contributed by atoms with Gasteiger partial charge in [0, 0.05) is 102 Å². The Morgan fingerprint density at radius 2 is 0.733 bits per heavy atom. The third kappa shape index (κ3) is 21.9. The fraction of sp³-hybridized carbons (Fsp3) is 0.400. The van der Waals surface area contributed by atoms with E-state index < -0.39 is 0 Å². The topological polar surface area (TPSA) is 364 Å². The lowest BCUT2D eigenvalue weighted by atomic mass is 10.2. The molecule has 30 nitrogen and oxygen atoms in total. The molecule has 0 radical (unpaired) electrons. The Bertz CT molecular complexity index is 3720. The summed E-state index contributed by atoms with van der Waals surface area (Å²) >= 11 is 0. The summed E-state index contributed by atoms with van der Waals surface area (Å²) in [5.74, 6) is 1.22. The van der Waals surface area contributed by atoms with Gasteiger partial charge < -0.3 is 28.8 Å². The molecule has 0 amide bonds. The molecule has 0 spiro atoms. The van der Waals surface area contributed by atoms with Crippen LogP contribution in [0.15, 0.2) is 110 Å². The fourth-order valence-electron chi connectivity index (χ4n) is 8.57. The maximum Gasteiger partial charge on any atom is 0.201 e. The Morgan fingerprint density at radius 3 is 1.32 bits per heavy atom. The van der Waals surface area contributed by atoms with Crippen molar-refractivity contribution in [1.29, 1.82) is 0 Å². The predicted octanol–water partition coefficient (Wildman–Crippen LogP) is 7.17. The molecule has 30 heteroatoms. The second-order valence-corrected chi connectivity index (χ2v) is 20.8. The summed E-state index contributed by atoms with van der Waals surface area (Å²) in [6, 6.07) is 16.7. The number of rotatable bonds is 24. The highest BCUT2D eigenvalue weighted by Crippen LogP contribution is 2.13. The van der Waals surface area contributed by atoms with Crippen LogP contribution in [0.25, 0.3) is 66.6 Å². The van der Waals surface area contributed by atoms with Gasteiger partial charge in [-0.2, -0.15) is 24.9 Å². The Balaban J connectivity index is 0.000000154. The molecule has 0 N–H and O–H groups in total. The molecule has 0 saturated heterocycles. The Kier molecular flexibility index (Phi) is 26.1. The average molecular weight is 1230 g/mol. The van der Waals surface area contributed by atoms with Gasteiger partial charge in [-0.05, 0) is 135 Å². The summed E-state index contributed by atoms with van der Waals surface area (Å²) < 4.78 is 7.11. The molecular formula is C60H72N24O6. The van der Waals surface area contributed by atoms with Crippen LogP contribution in [0.2, 0.25) is 0 Å². The molecule has 12 aromatic rings. The number of carbonyl (C=O) groups is 6. The van der Waals surface area contributed by atoms with Gasteiger partial charge in [-0.3, -0.25) is 15.0 Å². The van der Waals surface area contributed by atoms with Crippen molar-refractivity contribution in [3.8, 4) is 0 Å². The molecule has 0 aliphatic rings. The normalized spacial score (nSPS) is 10.7. The molecule has 0 atom stereocenters. The summed E-state index contributed by atoms with van der Waals surface area (Å²) in [6.45, 7) is 13.7. The molecule has 0 aliphatic heterocycles. The lowest BCUT2D eigenvalue weighted by Gasteiger charge is -1.99. The molecule has 468 valence electrons. The number of nitrogens with zero attached hydrogens (tertiary/aromatic N) is 24. The van der Waals surface area contributed by atoms with Gasteiger partial charge >= 0.3 is 0 Å². The maximum absolute atomic E-state index is 10.8. The number of pyridine rings is 6. The van der Waals surface area contributed by atoms with Crippen molar-refractivity contribution in [3.63, 3.8) is 0 Å². The van der Waals surface area contributed by atoms with E-state index >= 15 is 0 Å². The van der Waals surface area contributed by atoms with Crippen molar-refractivity contribution in [2.45, 2.75) is 158 Å². The summed E-state index contributed by atoms with van der Waals surface area (Å²) in [5, 5.41) is 48.8. The molecule has 0 unspecified atom stereocenters. The van der Waals surface area contributed by atoms with Crippen LogP contribution in [0.4, 0.5) is 0 Å². The Labute approximate surface area is 516 Å². The first-order chi connectivity index (χ1) is 43.6. The van der Waals surface area contributed by atoms with Gasteiger partial charge in [-0.1, -0.05) is 20.9 Å². The van der Waals surface area contributed by atoms with E-state index in [1.807, 2.05) is 54.6 Å². The summed E-state index contributed by atoms with van der Waals surface area (Å²) in [6.07, 6.45) is 23.5. The highest BCUT2D eigenvalue weighted by atomic mass is 16.1. The van der Waals surface area contributed by atoms with Gasteiger partial charge in [0.1, 0.15) is 78.8 Å². The molecule has 90 heavy (non-hydrogen) atoms. The third-order valence-corrected chi connectivity index (χ3v) is 13.0. The van der Waals surface area contributed by atoms with Crippen LogP contribution in [0.3, 0.4) is 0 Å². The quantitative estimate of drug-likeness (QED) is 0.0578. The molecule has 0 aliphatic carbocycles. The van der Waals surface area contributed by atoms with Crippen LogP contribution in [0, 0.1) is 0 Å². The van der Waals surface area contributed by atoms with E-state index in [1.165, 1.54) is 0 Å². The van der Waals surface area contributed by atoms with E-state index in [1.54, 1.807) is 126 Å². The number of hydrogen-bond acceptors (Lipinski definition) is 24. The van der Waals surface area contributed by atoms with Gasteiger partial charge in [0.05, 0.1) is 37.2 Å². The van der Waals surface area contributed by atoms with E-state index in [0.29, 0.717) is 82.5 Å². The summed E-state index contributed by atoms with van der Waals surface area (Å²) in [4.78, 5) is 92.1. The first-order valence-corrected chi connectivity index (χ1v) is 29.4. The SMILES string of the molecule is CC(=O)CCCn1nc2cccnc2n1.CC(=O)CCCn1nc2ccncc2n1.CC(=O)CCCn1nnc2cccnc21.CC(=O)CCCn1nnc2ccncc21.CC(=O)CCCn1nnc2cnccc21.CC(=O)CCCn1nnc2ncccc21. The standard InChI is InChI=1S/6C10H12N4O/c1-8(15)4-3-7-14-9-5-2-6-11-10(9)12-13-14;1-8(15)4-3-7-14-10-9(12-13-14)5-2-6-11-10;1-8(15)4-3-7-14-12-9-5-2-6-11-10(9)13-14;1-8(15)3-2-6-14-10-4-5-11-7-9(10)12-13-14;1-8(15)3-2-6-14-10-7-11-5-4-9(10)12-13-14;1-8(15)3-2-6-14-12-9-4-5-11-7-10(9)13-14/h3*2,5-6H,3-4,7H2,1H3;3*4-5,7H,2-3,6H2,1H3. The Morgan fingerprint density at radius 1 is 0.322 bits per heavy atom. The minimum atomic E-state index is 0.199. The van der Waals surface area contributed by atoms with Crippen molar-refractivity contribution in [1.82, 2.24) is 120 Å². The number of aromatic nitrogens is 24. The second-order valence-electron chi connectivity index (χ2n) is 20.8. The summed E-state index contributed by atoms with van der Waals surface area (Å²) in [7, 11) is 0. The largest absolute Gasteiger partial charge is 0.300 e. The van der Waals surface area contributed by atoms with Gasteiger partial charge in [-0.15, -0.1) is 25.5 Å². The molecule has 12 heterocycles. The molecule has 12 rings (SSSR count). The third-order valence-electron chi connectivity index (χ3n) is 13.0. The Hall–Kier alpha value is -10.7. The second kappa shape index (κ2) is 35.2. The minimum absolute atomic E-state index is 0.199. The first-order valence-electron chi connectivity index (χ1n) is 29.4. The highest BCUT2D eigenvalue weighted by Gasteiger charge is 2.09. The molecule has 0 fully saturated rings. The monoisotopic (exact) mass is 1220 g/mol. The average Bonchev–Trinajstić information content (AvgIpc) is 2.53. The van der Waals surface area contributed by atoms with Gasteiger partial charge in [0.15, 0.2) is 5.65 Å². The number of aryl methyl sites for hydroxylation is 6. The lowest BCUT2D eigenvalue weighted by molar-refractivity contribution is -0.118. The predicted molar refractivity (Wildman–Crippen MR) is 331 cm³/mol. The number of carbonyl (C=O) groups excluding carboxylic acids is 6. The van der Waals surface area contributed by atoms with Crippen molar-refractivity contribution in [3.05, 3.63) is 110 Å². The van der Waals surface area contributed by atoms with Crippen LogP contribution in [-0.4, -0.2) is 155 Å². The molecular weight excluding hydrogens is 1150 g/mol. The van der Waals surface area contributed by atoms with Gasteiger partial charge in [0.25, 0.3) is 0 Å². The highest BCUT2D eigenvalue weighted by molar-refractivity contribution is 5.78. The van der Waals surface area contributed by atoms with E-state index in [9.17, 15) is 28.8 Å². The first kappa shape index (κ1) is 66.8. The summed E-state index contributed by atoms with van der Waals surface area (Å²) in [5.41, 5.74) is 9.74. The lowest BCUT2D eigenvalue weighted by Crippen LogP contribution is -2.03. The molecule has 0 saturated carbocycles. The van der Waals surface area contributed by atoms with E-state index in [-0.39, 0.29) is 34.7 Å². The van der Waals surface area contributed by atoms with E-state index in [2.05, 4.69) is 91.5 Å². The fourth-order valence-corrected chi connectivity index (χ4v) is 8.57. The van der Waals surface area contributed by atoms with Crippen molar-refractivity contribution >= 4 is 101 Å². The maximum atomic E-state index is 10.8. The molecule has 12 aromatic heterocycles. The van der Waals surface area contributed by atoms with Crippen LogP contribution < -0.4 is 0 Å². The van der Waals surface area contributed by atoms with Crippen LogP contribution in [0.5, 0.6) is 0 Å². The number of hydrogen-bond donors (Lipinski definition) is 0. The van der Waals surface area contributed by atoms with Crippen molar-refractivity contribution < 1.29 is 28.8 Å². The zero-order chi connectivity index (χ0) is 64.0. The van der Waals surface area contributed by atoms with Crippen molar-refractivity contribution in [2.75, 3.05) is 0 Å². The van der Waals surface area contributed by atoms with Crippen LogP contribution in [0.1, 0.15) is 119 Å². The van der Waals surface area contributed by atoms with E-state index in [4.69, 9.17) is 0 Å². The number of ketones is 6. The van der Waals surface area contributed by atoms with Crippen molar-refractivity contribution in [2.24, 2.45) is 0 Å². The molecule has 0 bridgehead atoms. The van der Waals surface area contributed by atoms with Gasteiger partial charge in [-0.25, -0.2) is 33.7 Å². The minimum Gasteiger partial charge on any atom is -0.300 e. The zero-order valence-corrected chi connectivity index (χ0v) is 51.3. The van der Waals surface area contributed by atoms with Crippen LogP contribution in [-0.2, 0) is 68.0 Å². The number of Topliss-reactive ketones (excluding diaryl/α,β-unsaturated/α-hetero) is 6. The van der Waals surface area contributed by atoms with Crippen LogP contribution >= 0.6 is 0 Å². The number of fused-ring (bicyclic) bond motifs is 6. The van der Waals surface area contributed by atoms with Gasteiger partial charge in [0.2, 0.25) is 11.3 Å².